The molecular weight excluding hydrogens is 293 g/mol. The van der Waals surface area contributed by atoms with Crippen molar-refractivity contribution in [3.05, 3.63) is 52.8 Å². The van der Waals surface area contributed by atoms with Crippen LogP contribution in [0.1, 0.15) is 5.56 Å². The quantitative estimate of drug-likeness (QED) is 0.739. The Morgan fingerprint density at radius 3 is 2.81 bits per heavy atom. The van der Waals surface area contributed by atoms with E-state index in [0.717, 1.165) is 5.56 Å². The van der Waals surface area contributed by atoms with Gasteiger partial charge in [0.15, 0.2) is 5.82 Å². The first-order chi connectivity index (χ1) is 10.1. The Balaban J connectivity index is 2.22. The standard InChI is InChI=1S/C14H11ClFN5/c1-8-2-5-12(17)10(6-8)14-18-19-20-21(14)13-7-9(16)3-4-11(13)15/h2-7H,17H2,1H3. The maximum atomic E-state index is 13.5. The normalized spacial score (nSPS) is 10.8. The summed E-state index contributed by atoms with van der Waals surface area (Å²) >= 11 is 6.10. The van der Waals surface area contributed by atoms with Gasteiger partial charge in [-0.05, 0) is 41.6 Å². The van der Waals surface area contributed by atoms with Crippen molar-refractivity contribution in [3.8, 4) is 17.1 Å². The van der Waals surface area contributed by atoms with Crippen LogP contribution < -0.4 is 5.73 Å². The molecule has 2 aromatic carbocycles. The average molecular weight is 304 g/mol. The van der Waals surface area contributed by atoms with E-state index in [0.29, 0.717) is 27.8 Å². The molecule has 1 heterocycles. The summed E-state index contributed by atoms with van der Waals surface area (Å²) in [5.41, 5.74) is 8.55. The summed E-state index contributed by atoms with van der Waals surface area (Å²) in [6, 6.07) is 9.53. The van der Waals surface area contributed by atoms with Crippen molar-refractivity contribution >= 4 is 17.3 Å². The Labute approximate surface area is 125 Å². The molecule has 2 N–H and O–H groups in total. The molecule has 3 rings (SSSR count). The van der Waals surface area contributed by atoms with Crippen molar-refractivity contribution in [1.29, 1.82) is 0 Å². The molecule has 0 saturated carbocycles. The third-order valence-electron chi connectivity index (χ3n) is 3.06. The lowest BCUT2D eigenvalue weighted by atomic mass is 10.1. The van der Waals surface area contributed by atoms with Gasteiger partial charge in [-0.1, -0.05) is 23.2 Å². The van der Waals surface area contributed by atoms with Gasteiger partial charge in [-0.2, -0.15) is 4.68 Å². The molecule has 0 amide bonds. The summed E-state index contributed by atoms with van der Waals surface area (Å²) in [4.78, 5) is 0. The fraction of sp³-hybridized carbons (Fsp3) is 0.0714. The lowest BCUT2D eigenvalue weighted by Gasteiger charge is -2.09. The van der Waals surface area contributed by atoms with Gasteiger partial charge in [-0.25, -0.2) is 4.39 Å². The molecule has 0 bridgehead atoms. The van der Waals surface area contributed by atoms with E-state index in [1.807, 2.05) is 19.1 Å². The number of nitrogens with two attached hydrogens (primary N) is 1. The van der Waals surface area contributed by atoms with Gasteiger partial charge in [-0.15, -0.1) is 5.10 Å². The monoisotopic (exact) mass is 303 g/mol. The Hall–Kier alpha value is -2.47. The second-order valence-electron chi connectivity index (χ2n) is 4.60. The first kappa shape index (κ1) is 13.5. The molecule has 0 aliphatic rings. The summed E-state index contributed by atoms with van der Waals surface area (Å²) in [5.74, 6) is -0.0169. The van der Waals surface area contributed by atoms with E-state index >= 15 is 0 Å². The smallest absolute Gasteiger partial charge is 0.189 e. The number of aryl methyl sites for hydroxylation is 1. The first-order valence-corrected chi connectivity index (χ1v) is 6.54. The predicted octanol–water partition coefficient (Wildman–Crippen LogP) is 3.01. The van der Waals surface area contributed by atoms with Crippen LogP contribution in [0, 0.1) is 12.7 Å². The lowest BCUT2D eigenvalue weighted by molar-refractivity contribution is 0.625. The van der Waals surface area contributed by atoms with Crippen LogP contribution in [0.2, 0.25) is 5.02 Å². The van der Waals surface area contributed by atoms with Crippen LogP contribution in [-0.4, -0.2) is 20.2 Å². The maximum Gasteiger partial charge on any atom is 0.189 e. The molecule has 0 spiro atoms. The SMILES string of the molecule is Cc1ccc(N)c(-c2nnnn2-c2cc(F)ccc2Cl)c1. The Morgan fingerprint density at radius 2 is 2.00 bits per heavy atom. The largest absolute Gasteiger partial charge is 0.398 e. The molecule has 21 heavy (non-hydrogen) atoms. The molecule has 0 atom stereocenters. The summed E-state index contributed by atoms with van der Waals surface area (Å²) < 4.78 is 14.8. The highest BCUT2D eigenvalue weighted by Gasteiger charge is 2.16. The number of halogens is 2. The second-order valence-corrected chi connectivity index (χ2v) is 5.01. The zero-order valence-corrected chi connectivity index (χ0v) is 11.8. The lowest BCUT2D eigenvalue weighted by Crippen LogP contribution is -2.03. The number of nitrogens with zero attached hydrogens (tertiary/aromatic N) is 4. The van der Waals surface area contributed by atoms with Crippen LogP contribution in [0.3, 0.4) is 0 Å². The number of benzene rings is 2. The van der Waals surface area contributed by atoms with Crippen molar-refractivity contribution in [1.82, 2.24) is 20.2 Å². The zero-order valence-electron chi connectivity index (χ0n) is 11.1. The first-order valence-electron chi connectivity index (χ1n) is 6.16. The highest BCUT2D eigenvalue weighted by atomic mass is 35.5. The summed E-state index contributed by atoms with van der Waals surface area (Å²) in [6.45, 7) is 1.94. The van der Waals surface area contributed by atoms with Gasteiger partial charge in [0.05, 0.1) is 10.7 Å². The molecule has 0 unspecified atom stereocenters. The van der Waals surface area contributed by atoms with E-state index in [1.165, 1.54) is 22.9 Å². The summed E-state index contributed by atoms with van der Waals surface area (Å²) in [7, 11) is 0. The van der Waals surface area contributed by atoms with E-state index in [4.69, 9.17) is 17.3 Å². The number of hydrogen-bond acceptors (Lipinski definition) is 4. The van der Waals surface area contributed by atoms with Crippen LogP contribution in [-0.2, 0) is 0 Å². The molecule has 0 fully saturated rings. The van der Waals surface area contributed by atoms with Crippen LogP contribution in [0.25, 0.3) is 17.1 Å². The fourth-order valence-corrected chi connectivity index (χ4v) is 2.23. The fourth-order valence-electron chi connectivity index (χ4n) is 2.03. The number of hydrogen-bond donors (Lipinski definition) is 1. The molecule has 0 aliphatic carbocycles. The molecule has 0 saturated heterocycles. The molecule has 0 radical (unpaired) electrons. The molecule has 106 valence electrons. The minimum absolute atomic E-state index is 0.344. The molecular formula is C14H11ClFN5. The second kappa shape index (κ2) is 5.14. The Morgan fingerprint density at radius 1 is 1.19 bits per heavy atom. The van der Waals surface area contributed by atoms with E-state index in [2.05, 4.69) is 15.5 Å². The maximum absolute atomic E-state index is 13.5. The number of nitrogen functional groups attached to an aromatic ring is 1. The Bertz CT molecular complexity index is 749. The highest BCUT2D eigenvalue weighted by Crippen LogP contribution is 2.29. The van der Waals surface area contributed by atoms with Crippen LogP contribution in [0.5, 0.6) is 0 Å². The van der Waals surface area contributed by atoms with Gasteiger partial charge in [-0.3, -0.25) is 0 Å². The van der Waals surface area contributed by atoms with Crippen LogP contribution in [0.4, 0.5) is 10.1 Å². The molecule has 0 aliphatic heterocycles. The highest BCUT2D eigenvalue weighted by molar-refractivity contribution is 6.32. The zero-order chi connectivity index (χ0) is 15.0. The van der Waals surface area contributed by atoms with Crippen molar-refractivity contribution < 1.29 is 4.39 Å². The van der Waals surface area contributed by atoms with Crippen molar-refractivity contribution in [2.75, 3.05) is 5.73 Å². The van der Waals surface area contributed by atoms with Crippen LogP contribution in [0.15, 0.2) is 36.4 Å². The minimum Gasteiger partial charge on any atom is -0.398 e. The molecule has 5 nitrogen and oxygen atoms in total. The van der Waals surface area contributed by atoms with Gasteiger partial charge < -0.3 is 5.73 Å². The number of anilines is 1. The third-order valence-corrected chi connectivity index (χ3v) is 3.38. The summed E-state index contributed by atoms with van der Waals surface area (Å²) in [6.07, 6.45) is 0. The third kappa shape index (κ3) is 2.45. The van der Waals surface area contributed by atoms with E-state index in [-0.39, 0.29) is 0 Å². The van der Waals surface area contributed by atoms with Gasteiger partial charge in [0.1, 0.15) is 5.82 Å². The van der Waals surface area contributed by atoms with Gasteiger partial charge in [0, 0.05) is 17.3 Å². The molecule has 1 aromatic heterocycles. The van der Waals surface area contributed by atoms with E-state index in [9.17, 15) is 4.39 Å². The number of tetrazole rings is 1. The van der Waals surface area contributed by atoms with Crippen LogP contribution >= 0.6 is 11.6 Å². The van der Waals surface area contributed by atoms with Crippen molar-refractivity contribution in [3.63, 3.8) is 0 Å². The minimum atomic E-state index is -0.423. The molecule has 3 aromatic rings. The van der Waals surface area contributed by atoms with E-state index < -0.39 is 5.82 Å². The van der Waals surface area contributed by atoms with Gasteiger partial charge in [0.2, 0.25) is 0 Å². The molecule has 7 heteroatoms. The summed E-state index contributed by atoms with van der Waals surface area (Å²) in [5, 5.41) is 11.8. The van der Waals surface area contributed by atoms with Crippen molar-refractivity contribution in [2.24, 2.45) is 0 Å². The number of rotatable bonds is 2. The topological polar surface area (TPSA) is 69.6 Å². The van der Waals surface area contributed by atoms with Crippen molar-refractivity contribution in [2.45, 2.75) is 6.92 Å². The van der Waals surface area contributed by atoms with E-state index in [1.54, 1.807) is 6.07 Å². The predicted molar refractivity (Wildman–Crippen MR) is 78.7 cm³/mol. The van der Waals surface area contributed by atoms with Gasteiger partial charge in [0.25, 0.3) is 0 Å². The Kier molecular flexibility index (Phi) is 3.31. The van der Waals surface area contributed by atoms with Gasteiger partial charge >= 0.3 is 0 Å². The average Bonchev–Trinajstić information content (AvgIpc) is 2.93. The number of aromatic nitrogens is 4.